The van der Waals surface area contributed by atoms with Gasteiger partial charge in [0.15, 0.2) is 0 Å². The molecule has 0 spiro atoms. The van der Waals surface area contributed by atoms with Gasteiger partial charge in [-0.2, -0.15) is 0 Å². The Morgan fingerprint density at radius 3 is 0.412 bits per heavy atom. The van der Waals surface area contributed by atoms with E-state index in [1.807, 2.05) is 52.2 Å². The van der Waals surface area contributed by atoms with Crippen LogP contribution in [0, 0.1) is 91.5 Å². The Hall–Kier alpha value is -5.20. The van der Waals surface area contributed by atoms with Crippen LogP contribution in [0.4, 0.5) is 34.1 Å². The Balaban J connectivity index is 0.000000913. The number of rotatable bonds is 12. The molecule has 0 atom stereocenters. The summed E-state index contributed by atoms with van der Waals surface area (Å²) < 4.78 is 6.09. The number of hydrogen-bond donors (Lipinski definition) is 0. The molecule has 8 heteroatoms. The predicted octanol–water partition coefficient (Wildman–Crippen LogP) is 23.6. The molecule has 0 aliphatic rings. The number of hydrogen-bond acceptors (Lipinski definition) is 0. The minimum absolute atomic E-state index is 0.381. The molecule has 0 unspecified atom stereocenters. The molecular formula is C72H102Mo2N6-6. The zero-order chi connectivity index (χ0) is 61.4. The third-order valence-corrected chi connectivity index (χ3v) is 12.1. The van der Waals surface area contributed by atoms with Gasteiger partial charge in [-0.3, -0.25) is 0 Å². The van der Waals surface area contributed by atoms with E-state index in [1.54, 1.807) is 0 Å². The fourth-order valence-electron chi connectivity index (χ4n) is 8.09. The van der Waals surface area contributed by atoms with Crippen LogP contribution < -0.4 is 0 Å². The third kappa shape index (κ3) is 38.4. The van der Waals surface area contributed by atoms with Crippen molar-refractivity contribution >= 4 is 34.1 Å². The van der Waals surface area contributed by atoms with Crippen molar-refractivity contribution in [2.45, 2.75) is 216 Å². The molecule has 0 aliphatic carbocycles. The first kappa shape index (κ1) is 74.8. The predicted molar refractivity (Wildman–Crippen MR) is 351 cm³/mol. The monoisotopic (exact) mass is 1250 g/mol. The van der Waals surface area contributed by atoms with Crippen LogP contribution in [-0.4, -0.2) is 36.3 Å². The van der Waals surface area contributed by atoms with Gasteiger partial charge in [0, 0.05) is 0 Å². The molecule has 0 aromatic heterocycles. The minimum Gasteiger partial charge on any atom is -0.682 e. The van der Waals surface area contributed by atoms with Gasteiger partial charge in [0.05, 0.1) is 0 Å². The quantitative estimate of drug-likeness (QED) is 0.109. The first-order chi connectivity index (χ1) is 37.2. The van der Waals surface area contributed by atoms with Crippen molar-refractivity contribution in [1.29, 1.82) is 0 Å². The Kier molecular flexibility index (Phi) is 37.5. The Labute approximate surface area is 512 Å². The van der Waals surface area contributed by atoms with E-state index in [-0.39, 0.29) is 0 Å². The summed E-state index contributed by atoms with van der Waals surface area (Å²) in [4.78, 5) is 0. The molecule has 0 fully saturated rings. The first-order valence-electron chi connectivity index (χ1n) is 28.4. The summed E-state index contributed by atoms with van der Waals surface area (Å²) in [7, 11) is 0. The zero-order valence-electron chi connectivity index (χ0n) is 54.4. The van der Waals surface area contributed by atoms with Gasteiger partial charge in [-0.05, 0) is 83.1 Å². The molecule has 6 rings (SSSR count). The molecule has 0 amide bonds. The van der Waals surface area contributed by atoms with E-state index in [0.717, 1.165) is 34.1 Å². The molecule has 0 aliphatic heterocycles. The molecule has 0 radical (unpaired) electrons. The molecule has 80 heavy (non-hydrogen) atoms. The van der Waals surface area contributed by atoms with Gasteiger partial charge in [-0.15, -0.1) is 70.4 Å². The SMILES string of the molecule is C/C([C]#[Mo])=C(/C)[C]#[Mo].Cc1cc(C)cc([N-]C(C)C)c1.Cc1cc(C)cc([N-]C(C)C)c1.Cc1cc(C)cc([N-]C(C)C)c1.Cc1cc(C)cc([N-]C(C)C)c1.Cc1cc(C)cc([N-]C(C)C)c1.Cc1cc(C)cc([N-]C(C)C)c1. The molecular weight excluding hydrogens is 1140 g/mol. The summed E-state index contributed by atoms with van der Waals surface area (Å²) >= 11 is 3.70. The molecule has 0 bridgehead atoms. The second kappa shape index (κ2) is 40.1. The normalized spacial score (nSPS) is 10.5. The summed E-state index contributed by atoms with van der Waals surface area (Å²) in [6.45, 7) is 54.5. The van der Waals surface area contributed by atoms with Crippen LogP contribution in [0.25, 0.3) is 31.9 Å². The molecule has 0 N–H and O–H groups in total. The van der Waals surface area contributed by atoms with Crippen molar-refractivity contribution in [3.63, 3.8) is 0 Å². The zero-order valence-corrected chi connectivity index (χ0v) is 58.4. The van der Waals surface area contributed by atoms with Crippen LogP contribution in [-0.2, 0) is 38.3 Å². The Morgan fingerprint density at radius 2 is 0.338 bits per heavy atom. The third-order valence-electron chi connectivity index (χ3n) is 10.6. The van der Waals surface area contributed by atoms with E-state index < -0.39 is 0 Å². The summed E-state index contributed by atoms with van der Waals surface area (Å²) in [5.41, 5.74) is 24.4. The fourth-order valence-corrected chi connectivity index (χ4v) is 8.85. The Bertz CT molecular complexity index is 2280. The van der Waals surface area contributed by atoms with Crippen LogP contribution in [0.1, 0.15) is 164 Å². The van der Waals surface area contributed by atoms with Crippen molar-refractivity contribution in [1.82, 2.24) is 0 Å². The van der Waals surface area contributed by atoms with Crippen molar-refractivity contribution in [2.75, 3.05) is 0 Å². The maximum absolute atomic E-state index is 4.48. The second-order valence-electron chi connectivity index (χ2n) is 22.9. The van der Waals surface area contributed by atoms with Crippen molar-refractivity contribution in [3.8, 4) is 8.40 Å². The van der Waals surface area contributed by atoms with Gasteiger partial charge in [-0.25, -0.2) is 0 Å². The van der Waals surface area contributed by atoms with Crippen LogP contribution in [0.15, 0.2) is 120 Å². The van der Waals surface area contributed by atoms with Crippen LogP contribution >= 0.6 is 0 Å². The van der Waals surface area contributed by atoms with Gasteiger partial charge < -0.3 is 31.9 Å². The van der Waals surface area contributed by atoms with E-state index in [2.05, 4.69) is 316 Å². The molecule has 0 saturated heterocycles. The minimum atomic E-state index is 0.381. The smallest absolute Gasteiger partial charge is 0.0398 e. The van der Waals surface area contributed by atoms with E-state index >= 15 is 0 Å². The number of benzene rings is 6. The van der Waals surface area contributed by atoms with Gasteiger partial charge >= 0.3 is 71.7 Å². The average molecular weight is 1240 g/mol. The standard InChI is InChI=1S/6C11H16N.C6H6.2Mo/c6*1-8(2)12-11-6-9(3)5-10(4)7-11;1-5(2)6(3)4;;/h6*5-8H,1-4H3;1,3H3;;/q6*-1;;;/b;;;;;;6-5+;;. The number of aryl methyl sites for hydroxylation is 12. The molecule has 6 aromatic rings. The first-order valence-corrected chi connectivity index (χ1v) is 30.4. The number of allylic oxidation sites excluding steroid dienone is 2. The molecule has 6 nitrogen and oxygen atoms in total. The van der Waals surface area contributed by atoms with Gasteiger partial charge in [0.25, 0.3) is 0 Å². The van der Waals surface area contributed by atoms with E-state index in [4.69, 9.17) is 0 Å². The van der Waals surface area contributed by atoms with E-state index in [1.165, 1.54) is 77.9 Å². The van der Waals surface area contributed by atoms with Crippen molar-refractivity contribution in [2.24, 2.45) is 0 Å². The van der Waals surface area contributed by atoms with Crippen LogP contribution in [0.3, 0.4) is 0 Å². The van der Waals surface area contributed by atoms with Gasteiger partial charge in [0.1, 0.15) is 0 Å². The van der Waals surface area contributed by atoms with Crippen molar-refractivity contribution < 1.29 is 38.3 Å². The van der Waals surface area contributed by atoms with Crippen LogP contribution in [0.2, 0.25) is 0 Å². The average Bonchev–Trinajstić information content (AvgIpc) is 3.26. The van der Waals surface area contributed by atoms with E-state index in [9.17, 15) is 0 Å². The van der Waals surface area contributed by atoms with Crippen molar-refractivity contribution in [3.05, 3.63) is 219 Å². The largest absolute Gasteiger partial charge is 0.682 e. The molecule has 438 valence electrons. The van der Waals surface area contributed by atoms with E-state index in [0.29, 0.717) is 36.3 Å². The summed E-state index contributed by atoms with van der Waals surface area (Å²) in [5.74, 6) is 0. The summed E-state index contributed by atoms with van der Waals surface area (Å²) in [6, 6.07) is 40.7. The molecule has 6 aromatic carbocycles. The summed E-state index contributed by atoms with van der Waals surface area (Å²) in [6.07, 6.45) is 0. The topological polar surface area (TPSA) is 84.6 Å². The molecule has 0 heterocycles. The maximum atomic E-state index is 4.48. The number of nitrogens with zero attached hydrogens (tertiary/aromatic N) is 6. The summed E-state index contributed by atoms with van der Waals surface area (Å²) in [5, 5.41) is 26.9. The maximum Gasteiger partial charge on any atom is -0.0398 e. The molecule has 0 saturated carbocycles. The fraction of sp³-hybridized carbons (Fsp3) is 0.444. The van der Waals surface area contributed by atoms with Gasteiger partial charge in [-0.1, -0.05) is 259 Å². The second-order valence-corrected chi connectivity index (χ2v) is 23.9. The van der Waals surface area contributed by atoms with Gasteiger partial charge in [0.2, 0.25) is 0 Å². The Morgan fingerprint density at radius 1 is 0.237 bits per heavy atom. The van der Waals surface area contributed by atoms with Crippen LogP contribution in [0.5, 0.6) is 0 Å².